The number of allylic oxidation sites excluding steroid dienone is 3. The van der Waals surface area contributed by atoms with Gasteiger partial charge in [-0.15, -0.1) is 0 Å². The van der Waals surface area contributed by atoms with Gasteiger partial charge in [-0.25, -0.2) is 0 Å². The van der Waals surface area contributed by atoms with Crippen molar-refractivity contribution in [3.63, 3.8) is 0 Å². The van der Waals surface area contributed by atoms with Crippen LogP contribution < -0.4 is 0 Å². The number of hydrogen-bond donors (Lipinski definition) is 1. The molecule has 0 rings (SSSR count). The highest BCUT2D eigenvalue weighted by Gasteiger charge is 1.86. The highest BCUT2D eigenvalue weighted by molar-refractivity contribution is 9.11. The molecule has 0 heterocycles. The molecule has 3 heteroatoms. The standard InChI is InChI=1S/C8H11BrO2/c1-7(9)3-4-8(2)11-6-5-10/h3-4,10H,1-2,5-6H2/b4-3-. The van der Waals surface area contributed by atoms with Crippen LogP contribution in [0.3, 0.4) is 0 Å². The van der Waals surface area contributed by atoms with Gasteiger partial charge >= 0.3 is 0 Å². The fourth-order valence-electron chi connectivity index (χ4n) is 0.408. The van der Waals surface area contributed by atoms with E-state index in [2.05, 4.69) is 29.1 Å². The molecule has 0 fully saturated rings. The molecular formula is C8H11BrO2. The van der Waals surface area contributed by atoms with Gasteiger partial charge in [0.15, 0.2) is 0 Å². The zero-order valence-electron chi connectivity index (χ0n) is 6.22. The molecule has 62 valence electrons. The first-order valence-corrected chi connectivity index (χ1v) is 3.91. The lowest BCUT2D eigenvalue weighted by atomic mass is 10.4. The quantitative estimate of drug-likeness (QED) is 0.565. The van der Waals surface area contributed by atoms with Crippen molar-refractivity contribution in [2.75, 3.05) is 13.2 Å². The fourth-order valence-corrected chi connectivity index (χ4v) is 0.540. The molecule has 0 aliphatic heterocycles. The average Bonchev–Trinajstić information content (AvgIpc) is 1.97. The normalized spacial score (nSPS) is 10.0. The van der Waals surface area contributed by atoms with E-state index in [9.17, 15) is 0 Å². The number of rotatable bonds is 5. The van der Waals surface area contributed by atoms with Gasteiger partial charge < -0.3 is 9.84 Å². The van der Waals surface area contributed by atoms with Gasteiger partial charge in [0.05, 0.1) is 6.61 Å². The predicted molar refractivity (Wildman–Crippen MR) is 49.4 cm³/mol. The molecule has 0 aromatic rings. The molecule has 1 N–H and O–H groups in total. The minimum atomic E-state index is 0.00210. The van der Waals surface area contributed by atoms with Crippen LogP contribution in [0.1, 0.15) is 0 Å². The maximum Gasteiger partial charge on any atom is 0.112 e. The molecule has 0 bridgehead atoms. The van der Waals surface area contributed by atoms with Crippen molar-refractivity contribution in [1.82, 2.24) is 0 Å². The Bertz CT molecular complexity index is 173. The van der Waals surface area contributed by atoms with Crippen molar-refractivity contribution in [3.05, 3.63) is 35.6 Å². The molecule has 0 spiro atoms. The van der Waals surface area contributed by atoms with Crippen molar-refractivity contribution in [2.45, 2.75) is 0 Å². The number of aliphatic hydroxyl groups is 1. The lowest BCUT2D eigenvalue weighted by Gasteiger charge is -2.01. The molecule has 0 aromatic carbocycles. The third kappa shape index (κ3) is 7.36. The third-order valence-corrected chi connectivity index (χ3v) is 1.09. The summed E-state index contributed by atoms with van der Waals surface area (Å²) in [5.74, 6) is 0.514. The Balaban J connectivity index is 3.60. The first-order valence-electron chi connectivity index (χ1n) is 3.12. The lowest BCUT2D eigenvalue weighted by molar-refractivity contribution is 0.153. The van der Waals surface area contributed by atoms with Crippen molar-refractivity contribution in [1.29, 1.82) is 0 Å². The smallest absolute Gasteiger partial charge is 0.112 e. The number of ether oxygens (including phenoxy) is 1. The van der Waals surface area contributed by atoms with E-state index in [-0.39, 0.29) is 13.2 Å². The van der Waals surface area contributed by atoms with Crippen LogP contribution in [0.15, 0.2) is 35.6 Å². The molecule has 0 aliphatic carbocycles. The molecule has 0 aromatic heterocycles. The van der Waals surface area contributed by atoms with Crippen LogP contribution >= 0.6 is 15.9 Å². The minimum absolute atomic E-state index is 0.00210. The zero-order valence-corrected chi connectivity index (χ0v) is 7.80. The van der Waals surface area contributed by atoms with Crippen molar-refractivity contribution in [3.8, 4) is 0 Å². The number of aliphatic hydroxyl groups excluding tert-OH is 1. The first kappa shape index (κ1) is 10.5. The van der Waals surface area contributed by atoms with Crippen LogP contribution in [0.4, 0.5) is 0 Å². The molecule has 11 heavy (non-hydrogen) atoms. The summed E-state index contributed by atoms with van der Waals surface area (Å²) in [6.07, 6.45) is 3.40. The molecule has 0 amide bonds. The van der Waals surface area contributed by atoms with E-state index in [1.807, 2.05) is 0 Å². The molecule has 0 aliphatic rings. The molecule has 2 nitrogen and oxygen atoms in total. The summed E-state index contributed by atoms with van der Waals surface area (Å²) < 4.78 is 5.70. The topological polar surface area (TPSA) is 29.5 Å². The van der Waals surface area contributed by atoms with E-state index in [0.29, 0.717) is 5.76 Å². The Morgan fingerprint density at radius 1 is 1.45 bits per heavy atom. The van der Waals surface area contributed by atoms with E-state index in [4.69, 9.17) is 9.84 Å². The van der Waals surface area contributed by atoms with Gasteiger partial charge in [0, 0.05) is 4.48 Å². The van der Waals surface area contributed by atoms with Gasteiger partial charge in [0.25, 0.3) is 0 Å². The minimum Gasteiger partial charge on any atom is -0.492 e. The number of halogens is 1. The Kier molecular flexibility index (Phi) is 5.88. The second-order valence-corrected chi connectivity index (χ2v) is 2.84. The SMILES string of the molecule is C=C(Br)/C=C\C(=C)OCCO. The Labute approximate surface area is 75.0 Å². The van der Waals surface area contributed by atoms with Crippen LogP contribution in [0, 0.1) is 0 Å². The highest BCUT2D eigenvalue weighted by Crippen LogP contribution is 2.04. The van der Waals surface area contributed by atoms with E-state index in [0.717, 1.165) is 4.48 Å². The van der Waals surface area contributed by atoms with Gasteiger partial charge in [-0.05, 0) is 12.2 Å². The van der Waals surface area contributed by atoms with E-state index >= 15 is 0 Å². The van der Waals surface area contributed by atoms with Crippen LogP contribution in [-0.4, -0.2) is 18.3 Å². The van der Waals surface area contributed by atoms with E-state index in [1.165, 1.54) is 0 Å². The third-order valence-electron chi connectivity index (χ3n) is 0.829. The van der Waals surface area contributed by atoms with Gasteiger partial charge in [-0.3, -0.25) is 0 Å². The van der Waals surface area contributed by atoms with Gasteiger partial charge in [0.1, 0.15) is 12.4 Å². The molecule has 0 saturated heterocycles. The second-order valence-electron chi connectivity index (χ2n) is 1.82. The summed E-state index contributed by atoms with van der Waals surface area (Å²) in [5, 5.41) is 8.38. The monoisotopic (exact) mass is 218 g/mol. The summed E-state index contributed by atoms with van der Waals surface area (Å²) in [4.78, 5) is 0. The Hall–Kier alpha value is -0.540. The molecule has 0 saturated carbocycles. The molecule has 0 atom stereocenters. The Morgan fingerprint density at radius 2 is 2.09 bits per heavy atom. The van der Waals surface area contributed by atoms with Crippen molar-refractivity contribution >= 4 is 15.9 Å². The largest absolute Gasteiger partial charge is 0.492 e. The summed E-state index contributed by atoms with van der Waals surface area (Å²) in [5.41, 5.74) is 0. The lowest BCUT2D eigenvalue weighted by Crippen LogP contribution is -1.96. The summed E-state index contributed by atoms with van der Waals surface area (Å²) in [7, 11) is 0. The zero-order chi connectivity index (χ0) is 8.69. The average molecular weight is 219 g/mol. The van der Waals surface area contributed by atoms with Crippen molar-refractivity contribution in [2.24, 2.45) is 0 Å². The predicted octanol–water partition coefficient (Wildman–Crippen LogP) is 1.97. The summed E-state index contributed by atoms with van der Waals surface area (Å²) in [6, 6.07) is 0. The van der Waals surface area contributed by atoms with Crippen LogP contribution in [-0.2, 0) is 4.74 Å². The molecule has 0 radical (unpaired) electrons. The fraction of sp³-hybridized carbons (Fsp3) is 0.250. The maximum atomic E-state index is 8.38. The first-order chi connectivity index (χ1) is 5.16. The summed E-state index contributed by atoms with van der Waals surface area (Å²) in [6.45, 7) is 7.45. The molecular weight excluding hydrogens is 208 g/mol. The maximum absolute atomic E-state index is 8.38. The van der Waals surface area contributed by atoms with Gasteiger partial charge in [-0.2, -0.15) is 0 Å². The highest BCUT2D eigenvalue weighted by atomic mass is 79.9. The summed E-state index contributed by atoms with van der Waals surface area (Å²) >= 11 is 3.14. The van der Waals surface area contributed by atoms with Crippen molar-refractivity contribution < 1.29 is 9.84 Å². The van der Waals surface area contributed by atoms with Crippen LogP contribution in [0.2, 0.25) is 0 Å². The second kappa shape index (κ2) is 6.19. The van der Waals surface area contributed by atoms with Gasteiger partial charge in [0.2, 0.25) is 0 Å². The Morgan fingerprint density at radius 3 is 2.55 bits per heavy atom. The van der Waals surface area contributed by atoms with E-state index < -0.39 is 0 Å². The number of hydrogen-bond acceptors (Lipinski definition) is 2. The van der Waals surface area contributed by atoms with E-state index in [1.54, 1.807) is 12.2 Å². The van der Waals surface area contributed by atoms with Crippen LogP contribution in [0.5, 0.6) is 0 Å². The molecule has 0 unspecified atom stereocenters. The van der Waals surface area contributed by atoms with Crippen LogP contribution in [0.25, 0.3) is 0 Å². The van der Waals surface area contributed by atoms with Gasteiger partial charge in [-0.1, -0.05) is 29.1 Å².